The number of para-hydroxylation sites is 1. The van der Waals surface area contributed by atoms with Crippen LogP contribution in [0.4, 0.5) is 11.5 Å². The molecule has 0 spiro atoms. The van der Waals surface area contributed by atoms with Crippen LogP contribution < -0.4 is 20.3 Å². The lowest BCUT2D eigenvalue weighted by molar-refractivity contribution is 0.439. The fourth-order valence-electron chi connectivity index (χ4n) is 5.10. The first-order valence-corrected chi connectivity index (χ1v) is 11.5. The number of hydrogen-bond donors (Lipinski definition) is 3. The second kappa shape index (κ2) is 8.11. The van der Waals surface area contributed by atoms with Crippen LogP contribution in [-0.4, -0.2) is 57.6 Å². The van der Waals surface area contributed by atoms with Crippen LogP contribution >= 0.6 is 0 Å². The number of anilines is 2. The zero-order valence-electron chi connectivity index (χ0n) is 19.0. The van der Waals surface area contributed by atoms with E-state index < -0.39 is 0 Å². The first kappa shape index (κ1) is 20.6. The number of benzene rings is 1. The summed E-state index contributed by atoms with van der Waals surface area (Å²) >= 11 is 0. The monoisotopic (exact) mass is 455 g/mol. The number of aromatic amines is 1. The Morgan fingerprint density at radius 2 is 2.00 bits per heavy atom. The molecule has 1 saturated carbocycles. The van der Waals surface area contributed by atoms with Gasteiger partial charge in [0.2, 0.25) is 0 Å². The smallest absolute Gasteiger partial charge is 0.326 e. The van der Waals surface area contributed by atoms with Crippen LogP contribution in [0.5, 0.6) is 11.8 Å². The van der Waals surface area contributed by atoms with Crippen molar-refractivity contribution in [2.75, 3.05) is 36.9 Å². The van der Waals surface area contributed by atoms with Gasteiger partial charge < -0.3 is 25.3 Å². The van der Waals surface area contributed by atoms with Crippen molar-refractivity contribution in [3.8, 4) is 17.8 Å². The Hall–Kier alpha value is -3.97. The van der Waals surface area contributed by atoms with Crippen LogP contribution in [0.3, 0.4) is 0 Å². The van der Waals surface area contributed by atoms with E-state index in [4.69, 9.17) is 20.0 Å². The zero-order chi connectivity index (χ0) is 23.2. The van der Waals surface area contributed by atoms with Crippen molar-refractivity contribution >= 4 is 33.4 Å². The molecule has 0 amide bonds. The maximum Gasteiger partial charge on any atom is 0.326 e. The molecular formula is C24H25N9O. The summed E-state index contributed by atoms with van der Waals surface area (Å²) in [4.78, 5) is 23.8. The number of piperidine rings is 1. The number of nitriles is 1. The Kier molecular flexibility index (Phi) is 4.92. The van der Waals surface area contributed by atoms with Crippen molar-refractivity contribution in [3.63, 3.8) is 0 Å². The maximum atomic E-state index is 8.80. The molecule has 3 N–H and O–H groups in total. The quantitative estimate of drug-likeness (QED) is 0.360. The predicted molar refractivity (Wildman–Crippen MR) is 129 cm³/mol. The van der Waals surface area contributed by atoms with Crippen molar-refractivity contribution in [1.82, 2.24) is 30.2 Å². The van der Waals surface area contributed by atoms with Crippen LogP contribution in [0.25, 0.3) is 21.9 Å². The molecule has 0 bridgehead atoms. The second-order valence-corrected chi connectivity index (χ2v) is 8.85. The van der Waals surface area contributed by atoms with Gasteiger partial charge >= 0.3 is 6.01 Å². The van der Waals surface area contributed by atoms with Crippen LogP contribution in [0, 0.1) is 30.1 Å². The molecule has 4 aromatic rings. The third kappa shape index (κ3) is 3.45. The Bertz CT molecular complexity index is 1400. The van der Waals surface area contributed by atoms with Gasteiger partial charge in [0.1, 0.15) is 17.3 Å². The van der Waals surface area contributed by atoms with Crippen molar-refractivity contribution in [3.05, 3.63) is 36.4 Å². The lowest BCUT2D eigenvalue weighted by atomic mass is 10.1. The van der Waals surface area contributed by atoms with Gasteiger partial charge in [-0.05, 0) is 24.8 Å². The normalized spacial score (nSPS) is 21.0. The van der Waals surface area contributed by atoms with Gasteiger partial charge in [-0.2, -0.15) is 15.2 Å². The summed E-state index contributed by atoms with van der Waals surface area (Å²) in [6.45, 7) is 4.39. The molecular weight excluding hydrogens is 430 g/mol. The van der Waals surface area contributed by atoms with E-state index in [0.29, 0.717) is 35.9 Å². The molecule has 0 radical (unpaired) electrons. The summed E-state index contributed by atoms with van der Waals surface area (Å²) in [5, 5.41) is 17.6. The predicted octanol–water partition coefficient (Wildman–Crippen LogP) is 2.98. The average molecular weight is 456 g/mol. The van der Waals surface area contributed by atoms with Crippen LogP contribution in [0.2, 0.25) is 0 Å². The molecule has 10 heteroatoms. The van der Waals surface area contributed by atoms with Crippen molar-refractivity contribution in [2.24, 2.45) is 11.8 Å². The second-order valence-electron chi connectivity index (χ2n) is 8.85. The van der Waals surface area contributed by atoms with Crippen LogP contribution in [-0.2, 0) is 0 Å². The molecule has 34 heavy (non-hydrogen) atoms. The van der Waals surface area contributed by atoms with E-state index in [2.05, 4.69) is 42.6 Å². The molecule has 2 unspecified atom stereocenters. The highest BCUT2D eigenvalue weighted by Gasteiger charge is 2.55. The van der Waals surface area contributed by atoms with E-state index in [1.54, 1.807) is 12.4 Å². The lowest BCUT2D eigenvalue weighted by Gasteiger charge is -2.22. The van der Waals surface area contributed by atoms with Gasteiger partial charge in [-0.3, -0.25) is 0 Å². The number of nitrogens with one attached hydrogen (secondary N) is 3. The van der Waals surface area contributed by atoms with Gasteiger partial charge in [-0.15, -0.1) is 0 Å². The van der Waals surface area contributed by atoms with E-state index in [1.165, 1.54) is 0 Å². The molecule has 2 aliphatic rings. The van der Waals surface area contributed by atoms with Gasteiger partial charge in [-0.1, -0.05) is 12.1 Å². The number of nitrogens with zero attached hydrogens (tertiary/aromatic N) is 6. The Labute approximate surface area is 196 Å². The first-order valence-electron chi connectivity index (χ1n) is 11.5. The van der Waals surface area contributed by atoms with E-state index in [9.17, 15) is 0 Å². The average Bonchev–Trinajstić information content (AvgIpc) is 3.17. The van der Waals surface area contributed by atoms with Gasteiger partial charge in [0, 0.05) is 44.5 Å². The van der Waals surface area contributed by atoms with Gasteiger partial charge in [0.05, 0.1) is 35.1 Å². The molecule has 10 nitrogen and oxygen atoms in total. The number of aromatic nitrogens is 5. The summed E-state index contributed by atoms with van der Waals surface area (Å²) in [6, 6.07) is 9.12. The maximum absolute atomic E-state index is 8.80. The van der Waals surface area contributed by atoms with E-state index in [-0.39, 0.29) is 6.01 Å². The van der Waals surface area contributed by atoms with Gasteiger partial charge in [-0.25, -0.2) is 9.97 Å². The van der Waals surface area contributed by atoms with Crippen LogP contribution in [0.1, 0.15) is 12.2 Å². The fraction of sp³-hybridized carbons (Fsp3) is 0.375. The standard InChI is InChI=1S/C24H25N9O/c1-13-28-9-14(10-29-13)34-24-31-22-19(15-5-3-6-18(26-2)21(15)30-22)23(32-24)33-11-16-17(12-33)20(16)27-8-4-7-25/h3,5-6,9-10,16-17,20,26-27H,4,8,11-12H2,1-2H3,(H,30,31,32). The number of aryl methyl sites for hydroxylation is 1. The molecule has 172 valence electrons. The highest BCUT2D eigenvalue weighted by Crippen LogP contribution is 2.48. The largest absolute Gasteiger partial charge is 0.421 e. The highest BCUT2D eigenvalue weighted by molar-refractivity contribution is 6.14. The summed E-state index contributed by atoms with van der Waals surface area (Å²) in [6.07, 6.45) is 3.80. The fourth-order valence-corrected chi connectivity index (χ4v) is 5.10. The Balaban J connectivity index is 1.38. The number of rotatable bonds is 7. The van der Waals surface area contributed by atoms with Gasteiger partial charge in [0.15, 0.2) is 5.75 Å². The Morgan fingerprint density at radius 3 is 2.74 bits per heavy atom. The van der Waals surface area contributed by atoms with Crippen molar-refractivity contribution in [2.45, 2.75) is 19.4 Å². The van der Waals surface area contributed by atoms with Crippen LogP contribution in [0.15, 0.2) is 30.6 Å². The van der Waals surface area contributed by atoms with E-state index in [0.717, 1.165) is 53.1 Å². The lowest BCUT2D eigenvalue weighted by Crippen LogP contribution is -2.32. The topological polar surface area (TPSA) is 128 Å². The molecule has 1 aliphatic heterocycles. The van der Waals surface area contributed by atoms with Gasteiger partial charge in [0.25, 0.3) is 0 Å². The molecule has 2 fully saturated rings. The van der Waals surface area contributed by atoms with Crippen molar-refractivity contribution in [1.29, 1.82) is 5.26 Å². The summed E-state index contributed by atoms with van der Waals surface area (Å²) < 4.78 is 5.97. The van der Waals surface area contributed by atoms with E-state index in [1.807, 2.05) is 26.1 Å². The number of hydrogen-bond acceptors (Lipinski definition) is 9. The SMILES string of the molecule is CNc1cccc2c1[nH]c1nc(Oc3cnc(C)nc3)nc(N3CC4C(C3)C4NCCC#N)c12. The number of fused-ring (bicyclic) bond motifs is 4. The third-order valence-corrected chi connectivity index (χ3v) is 6.79. The number of ether oxygens (including phenoxy) is 1. The molecule has 1 aliphatic carbocycles. The summed E-state index contributed by atoms with van der Waals surface area (Å²) in [5.74, 6) is 3.17. The summed E-state index contributed by atoms with van der Waals surface area (Å²) in [5.41, 5.74) is 2.73. The molecule has 4 heterocycles. The van der Waals surface area contributed by atoms with E-state index >= 15 is 0 Å². The molecule has 3 aromatic heterocycles. The minimum Gasteiger partial charge on any atom is -0.421 e. The third-order valence-electron chi connectivity index (χ3n) is 6.79. The molecule has 1 aromatic carbocycles. The Morgan fingerprint density at radius 1 is 1.21 bits per heavy atom. The molecule has 6 rings (SSSR count). The minimum absolute atomic E-state index is 0.261. The summed E-state index contributed by atoms with van der Waals surface area (Å²) in [7, 11) is 1.91. The molecule has 2 atom stereocenters. The van der Waals surface area contributed by atoms with Crippen molar-refractivity contribution < 1.29 is 4.74 Å². The highest BCUT2D eigenvalue weighted by atomic mass is 16.5. The zero-order valence-corrected chi connectivity index (χ0v) is 19.0. The minimum atomic E-state index is 0.261. The number of H-pyrrole nitrogens is 1. The molecule has 1 saturated heterocycles. The first-order chi connectivity index (χ1) is 16.7.